The van der Waals surface area contributed by atoms with Gasteiger partial charge in [0.2, 0.25) is 0 Å². The Hall–Kier alpha value is -4.21. The topological polar surface area (TPSA) is 95.0 Å². The molecule has 0 radical (unpaired) electrons. The first-order valence-electron chi connectivity index (χ1n) is 13.7. The van der Waals surface area contributed by atoms with Crippen molar-refractivity contribution in [3.63, 3.8) is 0 Å². The number of carbonyl (C=O) groups excluding carboxylic acids is 1. The lowest BCUT2D eigenvalue weighted by Gasteiger charge is -2.36. The maximum absolute atomic E-state index is 12.9. The highest BCUT2D eigenvalue weighted by Crippen LogP contribution is 2.34. The zero-order chi connectivity index (χ0) is 29.1. The molecule has 1 aliphatic rings. The summed E-state index contributed by atoms with van der Waals surface area (Å²) in [6.07, 6.45) is 0.347. The van der Waals surface area contributed by atoms with Gasteiger partial charge in [0.05, 0.1) is 23.5 Å². The second kappa shape index (κ2) is 12.1. The first kappa shape index (κ1) is 28.3. The van der Waals surface area contributed by atoms with E-state index in [0.717, 1.165) is 40.9 Å². The number of carboxylic acids is 1. The second-order valence-electron chi connectivity index (χ2n) is 10.6. The molecule has 1 aliphatic heterocycles. The molecule has 0 bridgehead atoms. The normalized spacial score (nSPS) is 17.0. The summed E-state index contributed by atoms with van der Waals surface area (Å²) in [5.41, 5.74) is 5.29. The first-order valence-corrected chi connectivity index (χ1v) is 14.6. The molecule has 8 nitrogen and oxygen atoms in total. The number of thiazole rings is 1. The number of benzene rings is 3. The third-order valence-corrected chi connectivity index (χ3v) is 7.80. The van der Waals surface area contributed by atoms with Crippen LogP contribution in [0, 0.1) is 0 Å². The van der Waals surface area contributed by atoms with Gasteiger partial charge in [0, 0.05) is 52.7 Å². The Morgan fingerprint density at radius 3 is 2.15 bits per heavy atom. The molecule has 2 heterocycles. The maximum atomic E-state index is 12.9. The molecular formula is C32H34N4O4S. The summed E-state index contributed by atoms with van der Waals surface area (Å²) in [5.74, 6) is -1.11. The van der Waals surface area contributed by atoms with Crippen LogP contribution in [0.25, 0.3) is 11.3 Å². The SMILES string of the molecule is CC1CN(c2ccc(C(=O)Nc3ccc(-c4csc(N(c5ccc(C(=O)O)cc5)C(C)C)n4)cc3)cc2)CC(C)O1. The molecule has 2 atom stereocenters. The van der Waals surface area contributed by atoms with Crippen molar-refractivity contribution < 1.29 is 19.4 Å². The number of rotatable bonds is 8. The van der Waals surface area contributed by atoms with Crippen molar-refractivity contribution in [3.8, 4) is 11.3 Å². The van der Waals surface area contributed by atoms with E-state index in [1.165, 1.54) is 11.3 Å². The van der Waals surface area contributed by atoms with Crippen molar-refractivity contribution in [1.82, 2.24) is 4.98 Å². The molecular weight excluding hydrogens is 536 g/mol. The molecule has 1 fully saturated rings. The lowest BCUT2D eigenvalue weighted by atomic mass is 10.1. The number of anilines is 4. The van der Waals surface area contributed by atoms with Crippen molar-refractivity contribution >= 4 is 45.4 Å². The Morgan fingerprint density at radius 2 is 1.56 bits per heavy atom. The number of aromatic nitrogens is 1. The summed E-state index contributed by atoms with van der Waals surface area (Å²) < 4.78 is 5.82. The molecule has 9 heteroatoms. The Balaban J connectivity index is 1.24. The summed E-state index contributed by atoms with van der Waals surface area (Å²) >= 11 is 1.53. The molecule has 1 amide bonds. The van der Waals surface area contributed by atoms with E-state index in [4.69, 9.17) is 9.72 Å². The van der Waals surface area contributed by atoms with Gasteiger partial charge >= 0.3 is 5.97 Å². The van der Waals surface area contributed by atoms with Crippen molar-refractivity contribution in [2.24, 2.45) is 0 Å². The summed E-state index contributed by atoms with van der Waals surface area (Å²) in [6, 6.07) is 22.3. The minimum Gasteiger partial charge on any atom is -0.478 e. The van der Waals surface area contributed by atoms with Crippen molar-refractivity contribution in [2.45, 2.75) is 45.9 Å². The van der Waals surface area contributed by atoms with Crippen LogP contribution in [0.15, 0.2) is 78.2 Å². The number of carbonyl (C=O) groups is 2. The Labute approximate surface area is 244 Å². The molecule has 41 heavy (non-hydrogen) atoms. The average molecular weight is 571 g/mol. The predicted molar refractivity (Wildman–Crippen MR) is 165 cm³/mol. The zero-order valence-electron chi connectivity index (χ0n) is 23.6. The maximum Gasteiger partial charge on any atom is 0.335 e. The monoisotopic (exact) mass is 570 g/mol. The molecule has 212 valence electrons. The van der Waals surface area contributed by atoms with Gasteiger partial charge in [-0.2, -0.15) is 0 Å². The van der Waals surface area contributed by atoms with E-state index < -0.39 is 5.97 Å². The van der Waals surface area contributed by atoms with E-state index in [1.54, 1.807) is 24.3 Å². The third-order valence-electron chi connectivity index (χ3n) is 6.96. The van der Waals surface area contributed by atoms with Crippen molar-refractivity contribution in [3.05, 3.63) is 89.3 Å². The van der Waals surface area contributed by atoms with Gasteiger partial charge in [-0.15, -0.1) is 11.3 Å². The quantitative estimate of drug-likeness (QED) is 0.237. The van der Waals surface area contributed by atoms with Crippen LogP contribution in [0.1, 0.15) is 48.4 Å². The summed E-state index contributed by atoms with van der Waals surface area (Å²) in [5, 5.41) is 15.0. The summed E-state index contributed by atoms with van der Waals surface area (Å²) in [6.45, 7) is 9.96. The predicted octanol–water partition coefficient (Wildman–Crippen LogP) is 6.92. The van der Waals surface area contributed by atoms with E-state index >= 15 is 0 Å². The van der Waals surface area contributed by atoms with E-state index in [9.17, 15) is 14.7 Å². The first-order chi connectivity index (χ1) is 19.7. The number of aromatic carboxylic acids is 1. The van der Waals surface area contributed by atoms with Crippen LogP contribution >= 0.6 is 11.3 Å². The average Bonchev–Trinajstić information content (AvgIpc) is 3.43. The molecule has 5 rings (SSSR count). The van der Waals surface area contributed by atoms with E-state index in [1.807, 2.05) is 53.9 Å². The van der Waals surface area contributed by atoms with Crippen LogP contribution in [-0.2, 0) is 4.74 Å². The number of morpholine rings is 1. The third kappa shape index (κ3) is 6.58. The standard InChI is InChI=1S/C32H34N4O4S/c1-20(2)36(28-15-9-25(10-16-28)31(38)39)32-34-29(19-41-32)23-5-11-26(12-6-23)33-30(37)24-7-13-27(14-8-24)35-17-21(3)40-22(4)18-35/h5-16,19-22H,17-18H2,1-4H3,(H,33,37)(H,38,39). The molecule has 0 aliphatic carbocycles. The minimum atomic E-state index is -0.949. The van der Waals surface area contributed by atoms with Gasteiger partial charge in [-0.3, -0.25) is 4.79 Å². The van der Waals surface area contributed by atoms with Gasteiger partial charge in [0.25, 0.3) is 5.91 Å². The zero-order valence-corrected chi connectivity index (χ0v) is 24.4. The Kier molecular flexibility index (Phi) is 8.37. The highest BCUT2D eigenvalue weighted by molar-refractivity contribution is 7.14. The van der Waals surface area contributed by atoms with Gasteiger partial charge < -0.3 is 25.0 Å². The molecule has 1 saturated heterocycles. The van der Waals surface area contributed by atoms with E-state index in [2.05, 4.69) is 42.8 Å². The molecule has 0 spiro atoms. The van der Waals surface area contributed by atoms with E-state index in [0.29, 0.717) is 11.3 Å². The number of ether oxygens (including phenoxy) is 1. The highest BCUT2D eigenvalue weighted by Gasteiger charge is 2.23. The van der Waals surface area contributed by atoms with Gasteiger partial charge in [0.15, 0.2) is 5.13 Å². The molecule has 0 saturated carbocycles. The number of nitrogens with zero attached hydrogens (tertiary/aromatic N) is 3. The van der Waals surface area contributed by atoms with Crippen LogP contribution < -0.4 is 15.1 Å². The summed E-state index contributed by atoms with van der Waals surface area (Å²) in [7, 11) is 0. The minimum absolute atomic E-state index is 0.123. The van der Waals surface area contributed by atoms with Crippen LogP contribution in [-0.4, -0.2) is 53.3 Å². The summed E-state index contributed by atoms with van der Waals surface area (Å²) in [4.78, 5) is 33.4. The number of hydrogen-bond acceptors (Lipinski definition) is 7. The lowest BCUT2D eigenvalue weighted by molar-refractivity contribution is -0.00522. The highest BCUT2D eigenvalue weighted by atomic mass is 32.1. The Morgan fingerprint density at radius 1 is 0.951 bits per heavy atom. The van der Waals surface area contributed by atoms with E-state index in [-0.39, 0.29) is 29.7 Å². The fourth-order valence-electron chi connectivity index (χ4n) is 5.04. The fourth-order valence-corrected chi connectivity index (χ4v) is 6.03. The molecule has 4 aromatic rings. The smallest absolute Gasteiger partial charge is 0.335 e. The molecule has 1 aromatic heterocycles. The van der Waals surface area contributed by atoms with Gasteiger partial charge in [-0.05, 0) is 88.4 Å². The number of hydrogen-bond donors (Lipinski definition) is 2. The fraction of sp³-hybridized carbons (Fsp3) is 0.281. The number of amides is 1. The second-order valence-corrected chi connectivity index (χ2v) is 11.4. The van der Waals surface area contributed by atoms with Crippen molar-refractivity contribution in [2.75, 3.05) is 28.2 Å². The van der Waals surface area contributed by atoms with Gasteiger partial charge in [-0.25, -0.2) is 9.78 Å². The molecule has 2 unspecified atom stereocenters. The van der Waals surface area contributed by atoms with Gasteiger partial charge in [-0.1, -0.05) is 12.1 Å². The van der Waals surface area contributed by atoms with Crippen LogP contribution in [0.3, 0.4) is 0 Å². The van der Waals surface area contributed by atoms with Crippen LogP contribution in [0.5, 0.6) is 0 Å². The lowest BCUT2D eigenvalue weighted by Crippen LogP contribution is -2.45. The Bertz CT molecular complexity index is 1490. The largest absolute Gasteiger partial charge is 0.478 e. The molecule has 3 aromatic carbocycles. The van der Waals surface area contributed by atoms with Crippen molar-refractivity contribution in [1.29, 1.82) is 0 Å². The van der Waals surface area contributed by atoms with Crippen LogP contribution in [0.4, 0.5) is 22.2 Å². The molecule has 2 N–H and O–H groups in total. The number of nitrogens with one attached hydrogen (secondary N) is 1. The number of carboxylic acid groups (broad SMARTS) is 1. The van der Waals surface area contributed by atoms with Gasteiger partial charge in [0.1, 0.15) is 0 Å². The van der Waals surface area contributed by atoms with Crippen LogP contribution in [0.2, 0.25) is 0 Å².